The first-order valence-corrected chi connectivity index (χ1v) is 9.20. The van der Waals surface area contributed by atoms with Gasteiger partial charge < -0.3 is 0 Å². The van der Waals surface area contributed by atoms with E-state index < -0.39 is 10.0 Å². The van der Waals surface area contributed by atoms with E-state index in [-0.39, 0.29) is 4.90 Å². The van der Waals surface area contributed by atoms with E-state index in [9.17, 15) is 8.42 Å². The van der Waals surface area contributed by atoms with Gasteiger partial charge in [0.1, 0.15) is 4.90 Å². The first kappa shape index (κ1) is 15.9. The van der Waals surface area contributed by atoms with Crippen LogP contribution in [-0.2, 0) is 16.6 Å². The fraction of sp³-hybridized carbons (Fsp3) is 0.200. The van der Waals surface area contributed by atoms with Crippen molar-refractivity contribution in [1.29, 1.82) is 0 Å². The van der Waals surface area contributed by atoms with E-state index in [0.717, 1.165) is 15.6 Å². The molecule has 0 saturated carbocycles. The van der Waals surface area contributed by atoms with Gasteiger partial charge in [-0.3, -0.25) is 0 Å². The summed E-state index contributed by atoms with van der Waals surface area (Å²) in [6.07, 6.45) is 4.61. The minimum atomic E-state index is -3.59. The lowest BCUT2D eigenvalue weighted by atomic mass is 10.3. The van der Waals surface area contributed by atoms with Crippen molar-refractivity contribution in [1.82, 2.24) is 19.1 Å². The van der Waals surface area contributed by atoms with Crippen molar-refractivity contribution in [3.8, 4) is 5.69 Å². The van der Waals surface area contributed by atoms with E-state index in [1.165, 1.54) is 28.0 Å². The Balaban J connectivity index is 1.83. The molecular weight excluding hydrogens is 332 g/mol. The van der Waals surface area contributed by atoms with Crippen LogP contribution < -0.4 is 0 Å². The summed E-state index contributed by atoms with van der Waals surface area (Å²) in [5, 5.41) is 5.07. The molecule has 1 aromatic carbocycles. The molecule has 6 nitrogen and oxygen atoms in total. The molecule has 3 rings (SSSR count). The molecule has 0 amide bonds. The minimum absolute atomic E-state index is 0.171. The van der Waals surface area contributed by atoms with Gasteiger partial charge in [0.15, 0.2) is 0 Å². The molecule has 23 heavy (non-hydrogen) atoms. The molecule has 0 N–H and O–H groups in total. The number of aryl methyl sites for hydroxylation is 1. The van der Waals surface area contributed by atoms with E-state index in [4.69, 9.17) is 0 Å². The second-order valence-corrected chi connectivity index (χ2v) is 8.43. The van der Waals surface area contributed by atoms with E-state index >= 15 is 0 Å². The van der Waals surface area contributed by atoms with Crippen molar-refractivity contribution >= 4 is 21.4 Å². The summed E-state index contributed by atoms with van der Waals surface area (Å²) >= 11 is 1.49. The third-order valence-electron chi connectivity index (χ3n) is 3.34. The van der Waals surface area contributed by atoms with E-state index in [1.807, 2.05) is 37.3 Å². The lowest BCUT2D eigenvalue weighted by molar-refractivity contribution is 0.469. The second-order valence-electron chi connectivity index (χ2n) is 5.06. The molecule has 0 aliphatic heterocycles. The van der Waals surface area contributed by atoms with Crippen LogP contribution in [0.15, 0.2) is 53.8 Å². The van der Waals surface area contributed by atoms with Gasteiger partial charge in [0, 0.05) is 24.7 Å². The van der Waals surface area contributed by atoms with Crippen molar-refractivity contribution in [3.63, 3.8) is 0 Å². The molecule has 0 spiro atoms. The number of hydrogen-bond donors (Lipinski definition) is 0. The standard InChI is InChI=1S/C15H16N4O2S2/c1-12-16-8-14(22-12)10-18(2)23(20,21)15-9-17-19(11-15)13-6-4-3-5-7-13/h3-9,11H,10H2,1-2H3. The number of para-hydroxylation sites is 1. The van der Waals surface area contributed by atoms with Gasteiger partial charge in [0.25, 0.3) is 0 Å². The molecule has 8 heteroatoms. The van der Waals surface area contributed by atoms with Crippen LogP contribution >= 0.6 is 11.3 Å². The van der Waals surface area contributed by atoms with Gasteiger partial charge in [0.05, 0.1) is 23.1 Å². The summed E-state index contributed by atoms with van der Waals surface area (Å²) in [6, 6.07) is 9.39. The summed E-state index contributed by atoms with van der Waals surface area (Å²) in [5.41, 5.74) is 0.815. The quantitative estimate of drug-likeness (QED) is 0.710. The fourth-order valence-electron chi connectivity index (χ4n) is 2.12. The number of aromatic nitrogens is 3. The van der Waals surface area contributed by atoms with Gasteiger partial charge in [0.2, 0.25) is 10.0 Å². The Morgan fingerprint density at radius 1 is 1.22 bits per heavy atom. The van der Waals surface area contributed by atoms with Crippen LogP contribution in [0.2, 0.25) is 0 Å². The van der Waals surface area contributed by atoms with Gasteiger partial charge in [-0.25, -0.2) is 18.1 Å². The van der Waals surface area contributed by atoms with Gasteiger partial charge in [-0.2, -0.15) is 9.40 Å². The first-order chi connectivity index (χ1) is 11.0. The Labute approximate surface area is 139 Å². The van der Waals surface area contributed by atoms with Crippen molar-refractivity contribution in [2.24, 2.45) is 0 Å². The second kappa shape index (κ2) is 6.23. The summed E-state index contributed by atoms with van der Waals surface area (Å²) < 4.78 is 28.2. The number of sulfonamides is 1. The van der Waals surface area contributed by atoms with Crippen LogP contribution in [0.1, 0.15) is 9.88 Å². The molecule has 2 aromatic heterocycles. The zero-order chi connectivity index (χ0) is 16.4. The zero-order valence-corrected chi connectivity index (χ0v) is 14.4. The molecule has 3 aromatic rings. The fourth-order valence-corrected chi connectivity index (χ4v) is 4.14. The Morgan fingerprint density at radius 2 is 1.96 bits per heavy atom. The highest BCUT2D eigenvalue weighted by atomic mass is 32.2. The van der Waals surface area contributed by atoms with Crippen molar-refractivity contribution in [3.05, 3.63) is 58.8 Å². The van der Waals surface area contributed by atoms with E-state index in [0.29, 0.717) is 6.54 Å². The number of thiazole rings is 1. The van der Waals surface area contributed by atoms with Crippen LogP contribution in [-0.4, -0.2) is 34.5 Å². The molecule has 0 aliphatic rings. The lowest BCUT2D eigenvalue weighted by Crippen LogP contribution is -2.25. The maximum absolute atomic E-state index is 12.6. The number of hydrogen-bond acceptors (Lipinski definition) is 5. The molecule has 0 fully saturated rings. The summed E-state index contributed by atoms with van der Waals surface area (Å²) in [7, 11) is -2.03. The molecule has 120 valence electrons. The number of nitrogens with zero attached hydrogens (tertiary/aromatic N) is 4. The van der Waals surface area contributed by atoms with Gasteiger partial charge in [-0.15, -0.1) is 11.3 Å². The average molecular weight is 348 g/mol. The Hall–Kier alpha value is -2.03. The molecular formula is C15H16N4O2S2. The van der Waals surface area contributed by atoms with E-state index in [2.05, 4.69) is 10.1 Å². The highest BCUT2D eigenvalue weighted by Gasteiger charge is 2.23. The normalized spacial score (nSPS) is 12.0. The summed E-state index contributed by atoms with van der Waals surface area (Å²) in [4.78, 5) is 5.23. The van der Waals surface area contributed by atoms with Crippen LogP contribution in [0, 0.1) is 6.92 Å². The molecule has 0 unspecified atom stereocenters. The minimum Gasteiger partial charge on any atom is -0.250 e. The maximum Gasteiger partial charge on any atom is 0.246 e. The van der Waals surface area contributed by atoms with Crippen LogP contribution in [0.25, 0.3) is 5.69 Å². The topological polar surface area (TPSA) is 68.1 Å². The monoisotopic (exact) mass is 348 g/mol. The van der Waals surface area contributed by atoms with Gasteiger partial charge in [-0.05, 0) is 19.1 Å². The van der Waals surface area contributed by atoms with Crippen LogP contribution in [0.3, 0.4) is 0 Å². The Bertz CT molecular complexity index is 900. The zero-order valence-electron chi connectivity index (χ0n) is 12.7. The molecule has 0 aliphatic carbocycles. The molecule has 0 radical (unpaired) electrons. The maximum atomic E-state index is 12.6. The predicted molar refractivity (Wildman–Crippen MR) is 89.1 cm³/mol. The van der Waals surface area contributed by atoms with Gasteiger partial charge in [-0.1, -0.05) is 18.2 Å². The molecule has 0 atom stereocenters. The Morgan fingerprint density at radius 3 is 2.61 bits per heavy atom. The predicted octanol–water partition coefficient (Wildman–Crippen LogP) is 2.46. The van der Waals surface area contributed by atoms with Crippen molar-refractivity contribution < 1.29 is 8.42 Å². The largest absolute Gasteiger partial charge is 0.250 e. The number of benzene rings is 1. The van der Waals surface area contributed by atoms with Crippen molar-refractivity contribution in [2.45, 2.75) is 18.4 Å². The average Bonchev–Trinajstić information content (AvgIpc) is 3.18. The highest BCUT2D eigenvalue weighted by molar-refractivity contribution is 7.89. The SMILES string of the molecule is Cc1ncc(CN(C)S(=O)(=O)c2cnn(-c3ccccc3)c2)s1. The first-order valence-electron chi connectivity index (χ1n) is 6.94. The molecule has 0 saturated heterocycles. The number of rotatable bonds is 5. The summed E-state index contributed by atoms with van der Waals surface area (Å²) in [5.74, 6) is 0. The van der Waals surface area contributed by atoms with E-state index in [1.54, 1.807) is 17.9 Å². The Kier molecular flexibility index (Phi) is 4.29. The summed E-state index contributed by atoms with van der Waals surface area (Å²) in [6.45, 7) is 2.19. The van der Waals surface area contributed by atoms with Crippen molar-refractivity contribution in [2.75, 3.05) is 7.05 Å². The molecule has 2 heterocycles. The van der Waals surface area contributed by atoms with Gasteiger partial charge >= 0.3 is 0 Å². The van der Waals surface area contributed by atoms with Crippen LogP contribution in [0.5, 0.6) is 0 Å². The third kappa shape index (κ3) is 3.34. The smallest absolute Gasteiger partial charge is 0.246 e. The third-order valence-corrected chi connectivity index (χ3v) is 5.99. The van der Waals surface area contributed by atoms with Crippen LogP contribution in [0.4, 0.5) is 0 Å². The molecule has 0 bridgehead atoms. The highest BCUT2D eigenvalue weighted by Crippen LogP contribution is 2.20. The lowest BCUT2D eigenvalue weighted by Gasteiger charge is -2.14.